The van der Waals surface area contributed by atoms with Gasteiger partial charge in [-0.15, -0.1) is 0 Å². The zero-order valence-electron chi connectivity index (χ0n) is 6.96. The van der Waals surface area contributed by atoms with Gasteiger partial charge in [0.1, 0.15) is 0 Å². The third kappa shape index (κ3) is 4.13. The fourth-order valence-electron chi connectivity index (χ4n) is 0.774. The second kappa shape index (κ2) is 5.03. The van der Waals surface area contributed by atoms with E-state index in [-0.39, 0.29) is 0 Å². The number of rotatable bonds is 3. The molecule has 0 atom stereocenters. The predicted octanol–water partition coefficient (Wildman–Crippen LogP) is 1.92. The van der Waals surface area contributed by atoms with Gasteiger partial charge >= 0.3 is 0 Å². The number of nitrogens with zero attached hydrogens (tertiary/aromatic N) is 1. The van der Waals surface area contributed by atoms with E-state index in [9.17, 15) is 0 Å². The fourth-order valence-corrected chi connectivity index (χ4v) is 0.774. The van der Waals surface area contributed by atoms with Crippen molar-refractivity contribution in [2.45, 2.75) is 27.2 Å². The molecule has 0 saturated carbocycles. The summed E-state index contributed by atoms with van der Waals surface area (Å²) >= 11 is 0. The standard InChI is InChI=1S/C8H16N2/c1-4-5-8(10-9)6-7(2)3/h4-5,7H,6,9H2,1-3H3/b5-4-,10-8+. The van der Waals surface area contributed by atoms with Crippen molar-refractivity contribution in [1.82, 2.24) is 0 Å². The van der Waals surface area contributed by atoms with Gasteiger partial charge in [-0.05, 0) is 25.3 Å². The first kappa shape index (κ1) is 9.21. The van der Waals surface area contributed by atoms with Gasteiger partial charge in [-0.1, -0.05) is 19.9 Å². The van der Waals surface area contributed by atoms with Gasteiger partial charge in [-0.2, -0.15) is 5.10 Å². The summed E-state index contributed by atoms with van der Waals surface area (Å²) < 4.78 is 0. The van der Waals surface area contributed by atoms with Crippen molar-refractivity contribution in [1.29, 1.82) is 0 Å². The summed E-state index contributed by atoms with van der Waals surface area (Å²) in [6.07, 6.45) is 4.86. The first-order valence-electron chi connectivity index (χ1n) is 3.60. The van der Waals surface area contributed by atoms with Crippen molar-refractivity contribution in [3.8, 4) is 0 Å². The van der Waals surface area contributed by atoms with E-state index in [0.29, 0.717) is 5.92 Å². The van der Waals surface area contributed by atoms with E-state index in [0.717, 1.165) is 12.1 Å². The molecule has 2 nitrogen and oxygen atoms in total. The van der Waals surface area contributed by atoms with Crippen LogP contribution in [0.15, 0.2) is 17.3 Å². The minimum absolute atomic E-state index is 0.624. The second-order valence-electron chi connectivity index (χ2n) is 2.72. The molecule has 0 radical (unpaired) electrons. The molecule has 58 valence electrons. The number of hydrazone groups is 1. The van der Waals surface area contributed by atoms with E-state index in [4.69, 9.17) is 5.84 Å². The summed E-state index contributed by atoms with van der Waals surface area (Å²) in [6, 6.07) is 0. The van der Waals surface area contributed by atoms with Gasteiger partial charge in [-0.25, -0.2) is 0 Å². The minimum Gasteiger partial charge on any atom is -0.323 e. The fraction of sp³-hybridized carbons (Fsp3) is 0.625. The van der Waals surface area contributed by atoms with Gasteiger partial charge in [0.05, 0.1) is 5.71 Å². The lowest BCUT2D eigenvalue weighted by Crippen LogP contribution is -2.02. The minimum atomic E-state index is 0.624. The Labute approximate surface area is 62.8 Å². The third-order valence-corrected chi connectivity index (χ3v) is 1.14. The highest BCUT2D eigenvalue weighted by Crippen LogP contribution is 2.01. The molecule has 10 heavy (non-hydrogen) atoms. The van der Waals surface area contributed by atoms with Crippen LogP contribution in [0.25, 0.3) is 0 Å². The topological polar surface area (TPSA) is 38.4 Å². The summed E-state index contributed by atoms with van der Waals surface area (Å²) in [5.41, 5.74) is 0.970. The quantitative estimate of drug-likeness (QED) is 0.363. The molecule has 0 aliphatic carbocycles. The van der Waals surface area contributed by atoms with E-state index < -0.39 is 0 Å². The molecule has 0 spiro atoms. The van der Waals surface area contributed by atoms with E-state index in [1.807, 2.05) is 19.1 Å². The maximum atomic E-state index is 5.14. The van der Waals surface area contributed by atoms with Crippen molar-refractivity contribution >= 4 is 5.71 Å². The number of hydrogen-bond acceptors (Lipinski definition) is 2. The highest BCUT2D eigenvalue weighted by Gasteiger charge is 1.97. The lowest BCUT2D eigenvalue weighted by molar-refractivity contribution is 0.684. The molecule has 0 aromatic carbocycles. The van der Waals surface area contributed by atoms with Gasteiger partial charge < -0.3 is 5.84 Å². The Hall–Kier alpha value is -0.790. The lowest BCUT2D eigenvalue weighted by atomic mass is 10.1. The first-order valence-corrected chi connectivity index (χ1v) is 3.60. The molecule has 0 aliphatic rings. The second-order valence-corrected chi connectivity index (χ2v) is 2.72. The highest BCUT2D eigenvalue weighted by atomic mass is 15.1. The molecule has 0 aromatic heterocycles. The molecule has 0 heterocycles. The van der Waals surface area contributed by atoms with Crippen molar-refractivity contribution in [3.05, 3.63) is 12.2 Å². The van der Waals surface area contributed by atoms with E-state index in [2.05, 4.69) is 18.9 Å². The normalized spacial score (nSPS) is 13.4. The largest absolute Gasteiger partial charge is 0.323 e. The Bertz CT molecular complexity index is 134. The Morgan fingerprint density at radius 1 is 1.60 bits per heavy atom. The van der Waals surface area contributed by atoms with E-state index in [1.54, 1.807) is 0 Å². The molecular formula is C8H16N2. The van der Waals surface area contributed by atoms with Gasteiger partial charge in [0, 0.05) is 0 Å². The van der Waals surface area contributed by atoms with Crippen LogP contribution in [0.5, 0.6) is 0 Å². The Morgan fingerprint density at radius 2 is 2.20 bits per heavy atom. The van der Waals surface area contributed by atoms with Crippen LogP contribution in [0.3, 0.4) is 0 Å². The SMILES string of the molecule is C/C=C\C(CC(C)C)=N/N. The maximum absolute atomic E-state index is 5.14. The molecule has 0 aromatic rings. The Morgan fingerprint density at radius 3 is 2.50 bits per heavy atom. The van der Waals surface area contributed by atoms with E-state index in [1.165, 1.54) is 0 Å². The number of hydrogen-bond donors (Lipinski definition) is 1. The maximum Gasteiger partial charge on any atom is 0.0599 e. The molecule has 2 heteroatoms. The van der Waals surface area contributed by atoms with Crippen molar-refractivity contribution < 1.29 is 0 Å². The molecular weight excluding hydrogens is 124 g/mol. The predicted molar refractivity (Wildman–Crippen MR) is 45.9 cm³/mol. The summed E-state index contributed by atoms with van der Waals surface area (Å²) in [6.45, 7) is 6.26. The lowest BCUT2D eigenvalue weighted by Gasteiger charge is -2.01. The van der Waals surface area contributed by atoms with E-state index >= 15 is 0 Å². The van der Waals surface area contributed by atoms with Crippen molar-refractivity contribution in [2.24, 2.45) is 16.9 Å². The van der Waals surface area contributed by atoms with Crippen LogP contribution in [0.1, 0.15) is 27.2 Å². The average molecular weight is 140 g/mol. The van der Waals surface area contributed by atoms with Crippen molar-refractivity contribution in [3.63, 3.8) is 0 Å². The van der Waals surface area contributed by atoms with Crippen molar-refractivity contribution in [2.75, 3.05) is 0 Å². The van der Waals surface area contributed by atoms with Crippen LogP contribution in [0, 0.1) is 5.92 Å². The number of allylic oxidation sites excluding steroid dienone is 2. The summed E-state index contributed by atoms with van der Waals surface area (Å²) in [4.78, 5) is 0. The van der Waals surface area contributed by atoms with Crippen LogP contribution in [-0.2, 0) is 0 Å². The van der Waals surface area contributed by atoms with Gasteiger partial charge in [0.25, 0.3) is 0 Å². The van der Waals surface area contributed by atoms with Crippen LogP contribution in [0.4, 0.5) is 0 Å². The monoisotopic (exact) mass is 140 g/mol. The van der Waals surface area contributed by atoms with Crippen LogP contribution in [0.2, 0.25) is 0 Å². The summed E-state index contributed by atoms with van der Waals surface area (Å²) in [5, 5.41) is 3.65. The van der Waals surface area contributed by atoms with Gasteiger partial charge in [0.2, 0.25) is 0 Å². The molecule has 0 aliphatic heterocycles. The highest BCUT2D eigenvalue weighted by molar-refractivity contribution is 5.94. The third-order valence-electron chi connectivity index (χ3n) is 1.14. The van der Waals surface area contributed by atoms with Gasteiger partial charge in [0.15, 0.2) is 0 Å². The molecule has 2 N–H and O–H groups in total. The molecule has 0 unspecified atom stereocenters. The molecule has 0 saturated heterocycles. The number of nitrogens with two attached hydrogens (primary N) is 1. The molecule has 0 amide bonds. The van der Waals surface area contributed by atoms with Gasteiger partial charge in [-0.3, -0.25) is 0 Å². The zero-order valence-corrected chi connectivity index (χ0v) is 6.96. The summed E-state index contributed by atoms with van der Waals surface area (Å²) in [5.74, 6) is 5.77. The van der Waals surface area contributed by atoms with Crippen LogP contribution < -0.4 is 5.84 Å². The molecule has 0 fully saturated rings. The Kier molecular flexibility index (Phi) is 4.63. The summed E-state index contributed by atoms with van der Waals surface area (Å²) in [7, 11) is 0. The average Bonchev–Trinajstić information content (AvgIpc) is 1.86. The first-order chi connectivity index (χ1) is 4.70. The Balaban J connectivity index is 3.86. The molecule has 0 rings (SSSR count). The van der Waals surface area contributed by atoms with Crippen LogP contribution in [-0.4, -0.2) is 5.71 Å². The smallest absolute Gasteiger partial charge is 0.0599 e. The zero-order chi connectivity index (χ0) is 7.98. The molecule has 0 bridgehead atoms. The van der Waals surface area contributed by atoms with Crippen LogP contribution >= 0.6 is 0 Å².